The third kappa shape index (κ3) is 5.81. The van der Waals surface area contributed by atoms with Gasteiger partial charge in [0, 0.05) is 62.3 Å². The number of benzene rings is 2. The first kappa shape index (κ1) is 26.8. The van der Waals surface area contributed by atoms with Crippen molar-refractivity contribution in [1.29, 1.82) is 0 Å². The summed E-state index contributed by atoms with van der Waals surface area (Å²) < 4.78 is 11.1. The van der Waals surface area contributed by atoms with Gasteiger partial charge in [-0.15, -0.1) is 0 Å². The summed E-state index contributed by atoms with van der Waals surface area (Å²) in [6.07, 6.45) is 3.47. The zero-order valence-electron chi connectivity index (χ0n) is 23.2. The summed E-state index contributed by atoms with van der Waals surface area (Å²) in [6.45, 7) is 8.73. The van der Waals surface area contributed by atoms with Crippen LogP contribution in [0.1, 0.15) is 47.3 Å². The third-order valence-electron chi connectivity index (χ3n) is 7.93. The molecule has 0 radical (unpaired) electrons. The lowest BCUT2D eigenvalue weighted by atomic mass is 9.99. The van der Waals surface area contributed by atoms with Gasteiger partial charge in [0.1, 0.15) is 5.82 Å². The van der Waals surface area contributed by atoms with Gasteiger partial charge < -0.3 is 29.5 Å². The van der Waals surface area contributed by atoms with Crippen molar-refractivity contribution in [2.24, 2.45) is 0 Å². The number of pyridine rings is 1. The molecule has 0 saturated carbocycles. The number of aromatic nitrogens is 1. The van der Waals surface area contributed by atoms with Crippen molar-refractivity contribution in [1.82, 2.24) is 14.8 Å². The van der Waals surface area contributed by atoms with Crippen LogP contribution in [0.2, 0.25) is 0 Å². The fourth-order valence-electron chi connectivity index (χ4n) is 5.73. The molecule has 5 rings (SSSR count). The number of carbonyl (C=O) groups is 1. The molecular weight excluding hydrogens is 490 g/mol. The van der Waals surface area contributed by atoms with E-state index in [1.54, 1.807) is 20.4 Å². The molecule has 206 valence electrons. The minimum absolute atomic E-state index is 0.0940. The summed E-state index contributed by atoms with van der Waals surface area (Å²) in [5.74, 6) is 2.31. The molecule has 1 unspecified atom stereocenters. The van der Waals surface area contributed by atoms with E-state index in [0.717, 1.165) is 74.6 Å². The minimum Gasteiger partial charge on any atom is -0.493 e. The number of amides is 1. The average molecular weight is 530 g/mol. The second-order valence-corrected chi connectivity index (χ2v) is 10.1. The lowest BCUT2D eigenvalue weighted by molar-refractivity contribution is 0.0690. The second-order valence-electron chi connectivity index (χ2n) is 10.1. The van der Waals surface area contributed by atoms with Crippen molar-refractivity contribution in [2.75, 3.05) is 63.7 Å². The highest BCUT2D eigenvalue weighted by Crippen LogP contribution is 2.40. The van der Waals surface area contributed by atoms with Crippen LogP contribution in [-0.2, 0) is 6.54 Å². The van der Waals surface area contributed by atoms with Gasteiger partial charge in [-0.1, -0.05) is 25.1 Å². The number of methoxy groups -OCH3 is 2. The molecule has 0 spiro atoms. The Labute approximate surface area is 231 Å². The first-order chi connectivity index (χ1) is 19.1. The van der Waals surface area contributed by atoms with Crippen LogP contribution in [0.25, 0.3) is 0 Å². The van der Waals surface area contributed by atoms with E-state index in [0.29, 0.717) is 18.0 Å². The van der Waals surface area contributed by atoms with Crippen molar-refractivity contribution < 1.29 is 14.3 Å². The minimum atomic E-state index is -0.0972. The van der Waals surface area contributed by atoms with Gasteiger partial charge in [0.15, 0.2) is 11.5 Å². The van der Waals surface area contributed by atoms with E-state index >= 15 is 0 Å². The molecule has 1 fully saturated rings. The van der Waals surface area contributed by atoms with Gasteiger partial charge in [-0.25, -0.2) is 4.98 Å². The van der Waals surface area contributed by atoms with E-state index in [1.165, 1.54) is 5.69 Å². The zero-order valence-corrected chi connectivity index (χ0v) is 23.2. The average Bonchev–Trinajstić information content (AvgIpc) is 3.33. The standard InChI is InChI=1S/C31H39N5O3/c1-4-34-17-19-35(20-18-34)27-10-7-9-24-25(27)22-36(31(24)37)26(11-8-16-33-30-12-5-6-15-32-30)23-13-14-28(38-2)29(21-23)39-3/h5-7,9-10,12-15,21,26H,4,8,11,16-20,22H2,1-3H3,(H,32,33). The molecule has 1 amide bonds. The summed E-state index contributed by atoms with van der Waals surface area (Å²) in [4.78, 5) is 25.2. The van der Waals surface area contributed by atoms with Crippen LogP contribution >= 0.6 is 0 Å². The molecule has 8 nitrogen and oxygen atoms in total. The van der Waals surface area contributed by atoms with Crippen LogP contribution in [0.15, 0.2) is 60.8 Å². The fraction of sp³-hybridized carbons (Fsp3) is 0.419. The number of nitrogens with one attached hydrogen (secondary N) is 1. The Hall–Kier alpha value is -3.78. The fourth-order valence-corrected chi connectivity index (χ4v) is 5.73. The lowest BCUT2D eigenvalue weighted by Gasteiger charge is -2.36. The van der Waals surface area contributed by atoms with Gasteiger partial charge in [0.2, 0.25) is 0 Å². The molecule has 1 saturated heterocycles. The Kier molecular flexibility index (Phi) is 8.51. The van der Waals surface area contributed by atoms with Gasteiger partial charge in [0.05, 0.1) is 20.3 Å². The molecule has 39 heavy (non-hydrogen) atoms. The number of ether oxygens (including phenoxy) is 2. The number of likely N-dealkylation sites (N-methyl/N-ethyl adjacent to an activating group) is 1. The molecule has 2 aliphatic heterocycles. The van der Waals surface area contributed by atoms with Crippen LogP contribution in [-0.4, -0.2) is 74.2 Å². The monoisotopic (exact) mass is 529 g/mol. The van der Waals surface area contributed by atoms with Crippen LogP contribution in [0.3, 0.4) is 0 Å². The van der Waals surface area contributed by atoms with Crippen molar-refractivity contribution in [3.8, 4) is 11.5 Å². The molecule has 3 heterocycles. The maximum Gasteiger partial charge on any atom is 0.255 e. The van der Waals surface area contributed by atoms with Crippen molar-refractivity contribution in [2.45, 2.75) is 32.4 Å². The molecule has 3 aromatic rings. The first-order valence-corrected chi connectivity index (χ1v) is 13.9. The predicted octanol–water partition coefficient (Wildman–Crippen LogP) is 4.83. The van der Waals surface area contributed by atoms with Gasteiger partial charge in [-0.2, -0.15) is 0 Å². The number of fused-ring (bicyclic) bond motifs is 1. The topological polar surface area (TPSA) is 70.2 Å². The quantitative estimate of drug-likeness (QED) is 0.357. The number of rotatable bonds is 11. The van der Waals surface area contributed by atoms with Gasteiger partial charge in [0.25, 0.3) is 5.91 Å². The van der Waals surface area contributed by atoms with Crippen LogP contribution in [0.5, 0.6) is 11.5 Å². The third-order valence-corrected chi connectivity index (χ3v) is 7.93. The van der Waals surface area contributed by atoms with Gasteiger partial charge in [-0.05, 0) is 61.3 Å². The number of piperazine rings is 1. The number of carbonyl (C=O) groups excluding carboxylic acids is 1. The second kappa shape index (κ2) is 12.4. The van der Waals surface area contributed by atoms with Crippen LogP contribution in [0, 0.1) is 0 Å². The Morgan fingerprint density at radius 1 is 0.974 bits per heavy atom. The van der Waals surface area contributed by atoms with Crippen LogP contribution < -0.4 is 19.7 Å². The number of nitrogens with zero attached hydrogens (tertiary/aromatic N) is 4. The number of anilines is 2. The molecule has 0 bridgehead atoms. The molecule has 1 aromatic heterocycles. The van der Waals surface area contributed by atoms with E-state index in [1.807, 2.05) is 47.4 Å². The Morgan fingerprint density at radius 3 is 2.51 bits per heavy atom. The predicted molar refractivity (Wildman–Crippen MR) is 155 cm³/mol. The van der Waals surface area contributed by atoms with Crippen molar-refractivity contribution in [3.05, 3.63) is 77.5 Å². The highest BCUT2D eigenvalue weighted by Gasteiger charge is 2.36. The van der Waals surface area contributed by atoms with E-state index in [-0.39, 0.29) is 11.9 Å². The molecule has 2 aromatic carbocycles. The maximum absolute atomic E-state index is 13.9. The molecule has 2 aliphatic rings. The Balaban J connectivity index is 1.39. The zero-order chi connectivity index (χ0) is 27.2. The first-order valence-electron chi connectivity index (χ1n) is 13.9. The van der Waals surface area contributed by atoms with E-state index in [4.69, 9.17) is 9.47 Å². The highest BCUT2D eigenvalue weighted by molar-refractivity contribution is 6.00. The molecule has 1 N–H and O–H groups in total. The smallest absolute Gasteiger partial charge is 0.255 e. The summed E-state index contributed by atoms with van der Waals surface area (Å²) in [7, 11) is 3.29. The van der Waals surface area contributed by atoms with E-state index in [2.05, 4.69) is 39.2 Å². The number of hydrogen-bond acceptors (Lipinski definition) is 7. The van der Waals surface area contributed by atoms with Gasteiger partial charge >= 0.3 is 0 Å². The SMILES string of the molecule is CCN1CCN(c2cccc3c2CN(C(CCCNc2ccccn2)c2ccc(OC)c(OC)c2)C3=O)CC1. The van der Waals surface area contributed by atoms with Crippen LogP contribution in [0.4, 0.5) is 11.5 Å². The Morgan fingerprint density at radius 2 is 1.79 bits per heavy atom. The van der Waals surface area contributed by atoms with Crippen molar-refractivity contribution >= 4 is 17.4 Å². The number of hydrogen-bond donors (Lipinski definition) is 1. The molecule has 8 heteroatoms. The maximum atomic E-state index is 13.9. The van der Waals surface area contributed by atoms with Gasteiger partial charge in [-0.3, -0.25) is 4.79 Å². The largest absolute Gasteiger partial charge is 0.493 e. The molecular formula is C31H39N5O3. The van der Waals surface area contributed by atoms with E-state index in [9.17, 15) is 4.79 Å². The lowest BCUT2D eigenvalue weighted by Crippen LogP contribution is -2.46. The normalized spacial score (nSPS) is 16.2. The highest BCUT2D eigenvalue weighted by atomic mass is 16.5. The summed E-state index contributed by atoms with van der Waals surface area (Å²) in [5.41, 5.74) is 4.21. The van der Waals surface area contributed by atoms with E-state index < -0.39 is 0 Å². The Bertz CT molecular complexity index is 1260. The summed E-state index contributed by atoms with van der Waals surface area (Å²) >= 11 is 0. The summed E-state index contributed by atoms with van der Waals surface area (Å²) in [6, 6.07) is 17.9. The molecule has 1 atom stereocenters. The van der Waals surface area contributed by atoms with Crippen molar-refractivity contribution in [3.63, 3.8) is 0 Å². The molecule has 0 aliphatic carbocycles. The summed E-state index contributed by atoms with van der Waals surface area (Å²) in [5, 5.41) is 3.40.